The SMILES string of the molecule is Cl.Cl.[2H]C([2H])([2H])n1cc(-c2ccc(-c3cnc(N(C)C4CC(C)(C)NC(C)(C)C4)nn3)c(O)c2)cn1. The molecule has 1 saturated heterocycles. The molecule has 0 unspecified atom stereocenters. The van der Waals surface area contributed by atoms with E-state index in [1.54, 1.807) is 24.4 Å². The molecule has 0 amide bonds. The Morgan fingerprint density at radius 3 is 2.33 bits per heavy atom. The van der Waals surface area contributed by atoms with Crippen molar-refractivity contribution < 1.29 is 9.22 Å². The fourth-order valence-electron chi connectivity index (χ4n) is 4.66. The molecule has 1 fully saturated rings. The van der Waals surface area contributed by atoms with Gasteiger partial charge in [-0.3, -0.25) is 4.68 Å². The maximum Gasteiger partial charge on any atom is 0.245 e. The Bertz CT molecular complexity index is 1170. The average Bonchev–Trinajstić information content (AvgIpc) is 3.22. The van der Waals surface area contributed by atoms with Gasteiger partial charge in [-0.05, 0) is 58.2 Å². The number of nitrogens with one attached hydrogen (secondary N) is 1. The number of benzene rings is 1. The van der Waals surface area contributed by atoms with Crippen molar-refractivity contribution in [3.63, 3.8) is 0 Å². The van der Waals surface area contributed by atoms with Crippen LogP contribution in [0.3, 0.4) is 0 Å². The standard InChI is InChI=1S/C23H31N7O.2ClH/c1-22(2)10-17(11-23(3,4)28-22)30(6)21-24-13-19(26-27-21)18-8-7-15(9-20(18)31)16-12-25-29(5)14-16;;/h7-9,12-14,17,28,31H,10-11H2,1-6H3;2*1H/i5D3;;. The Morgan fingerprint density at radius 1 is 1.09 bits per heavy atom. The summed E-state index contributed by atoms with van der Waals surface area (Å²) in [6, 6.07) is 5.31. The number of rotatable bonds is 4. The summed E-state index contributed by atoms with van der Waals surface area (Å²) in [6.45, 7) is 6.47. The quantitative estimate of drug-likeness (QED) is 0.557. The second kappa shape index (κ2) is 9.83. The molecule has 0 spiro atoms. The lowest BCUT2D eigenvalue weighted by Gasteiger charge is -2.48. The van der Waals surface area contributed by atoms with Crippen LogP contribution in [-0.4, -0.2) is 54.2 Å². The lowest BCUT2D eigenvalue weighted by atomic mass is 9.79. The molecule has 1 aliphatic heterocycles. The first-order valence-corrected chi connectivity index (χ1v) is 10.3. The molecule has 3 heterocycles. The summed E-state index contributed by atoms with van der Waals surface area (Å²) in [7, 11) is 1.99. The van der Waals surface area contributed by atoms with Crippen LogP contribution in [0.5, 0.6) is 5.75 Å². The Hall–Kier alpha value is -2.42. The first-order chi connectivity index (χ1) is 15.7. The van der Waals surface area contributed by atoms with E-state index in [0.717, 1.165) is 17.5 Å². The average molecular weight is 497 g/mol. The summed E-state index contributed by atoms with van der Waals surface area (Å²) < 4.78 is 23.3. The first kappa shape index (κ1) is 22.4. The van der Waals surface area contributed by atoms with Crippen LogP contribution >= 0.6 is 24.8 Å². The minimum atomic E-state index is -2.35. The van der Waals surface area contributed by atoms with Gasteiger partial charge in [0.2, 0.25) is 5.95 Å². The minimum absolute atomic E-state index is 0. The van der Waals surface area contributed by atoms with E-state index < -0.39 is 6.98 Å². The molecule has 1 aromatic carbocycles. The highest BCUT2D eigenvalue weighted by molar-refractivity contribution is 5.85. The summed E-state index contributed by atoms with van der Waals surface area (Å²) >= 11 is 0. The molecule has 10 heteroatoms. The number of halogens is 2. The van der Waals surface area contributed by atoms with Gasteiger partial charge in [-0.1, -0.05) is 6.07 Å². The van der Waals surface area contributed by atoms with Crippen molar-refractivity contribution in [2.45, 2.75) is 57.7 Å². The van der Waals surface area contributed by atoms with Crippen LogP contribution < -0.4 is 10.2 Å². The summed E-state index contributed by atoms with van der Waals surface area (Å²) in [5, 5.41) is 26.8. The van der Waals surface area contributed by atoms with Crippen LogP contribution in [0.2, 0.25) is 0 Å². The molecule has 33 heavy (non-hydrogen) atoms. The highest BCUT2D eigenvalue weighted by atomic mass is 35.5. The number of hydrogen-bond acceptors (Lipinski definition) is 7. The maximum atomic E-state index is 10.6. The van der Waals surface area contributed by atoms with E-state index in [0.29, 0.717) is 28.3 Å². The molecule has 8 nitrogen and oxygen atoms in total. The van der Waals surface area contributed by atoms with Crippen molar-refractivity contribution in [2.24, 2.45) is 6.98 Å². The molecular formula is C23H33Cl2N7O. The molecule has 0 aliphatic carbocycles. The van der Waals surface area contributed by atoms with Gasteiger partial charge in [0.1, 0.15) is 11.4 Å². The van der Waals surface area contributed by atoms with Crippen LogP contribution in [-0.2, 0) is 6.98 Å². The Morgan fingerprint density at radius 2 is 1.79 bits per heavy atom. The highest BCUT2D eigenvalue weighted by Crippen LogP contribution is 2.34. The van der Waals surface area contributed by atoms with Gasteiger partial charge in [-0.15, -0.1) is 35.0 Å². The number of piperidine rings is 1. The largest absolute Gasteiger partial charge is 0.507 e. The summed E-state index contributed by atoms with van der Waals surface area (Å²) in [6.07, 6.45) is 6.40. The van der Waals surface area contributed by atoms with Crippen LogP contribution in [0.1, 0.15) is 44.6 Å². The third kappa shape index (κ3) is 5.93. The zero-order chi connectivity index (χ0) is 24.9. The number of aromatic nitrogens is 5. The summed E-state index contributed by atoms with van der Waals surface area (Å²) in [5.41, 5.74) is 2.18. The molecule has 180 valence electrons. The second-order valence-electron chi connectivity index (χ2n) is 9.61. The molecule has 0 bridgehead atoms. The lowest BCUT2D eigenvalue weighted by Crippen LogP contribution is -2.62. The molecular weight excluding hydrogens is 461 g/mol. The van der Waals surface area contributed by atoms with Crippen molar-refractivity contribution in [3.8, 4) is 28.1 Å². The smallest absolute Gasteiger partial charge is 0.245 e. The molecule has 1 aliphatic rings. The van der Waals surface area contributed by atoms with Gasteiger partial charge in [0.15, 0.2) is 0 Å². The van der Waals surface area contributed by atoms with Crippen LogP contribution in [0.15, 0.2) is 36.8 Å². The van der Waals surface area contributed by atoms with Crippen LogP contribution in [0, 0.1) is 0 Å². The van der Waals surface area contributed by atoms with E-state index in [4.69, 9.17) is 4.11 Å². The van der Waals surface area contributed by atoms with Gasteiger partial charge in [0, 0.05) is 52.6 Å². The van der Waals surface area contributed by atoms with Gasteiger partial charge in [-0.25, -0.2) is 4.98 Å². The van der Waals surface area contributed by atoms with Crippen molar-refractivity contribution in [2.75, 3.05) is 11.9 Å². The van der Waals surface area contributed by atoms with Gasteiger partial charge in [-0.2, -0.15) is 5.10 Å². The van der Waals surface area contributed by atoms with E-state index >= 15 is 0 Å². The Balaban J connectivity index is 0.00000228. The van der Waals surface area contributed by atoms with E-state index in [9.17, 15) is 5.11 Å². The van der Waals surface area contributed by atoms with Crippen LogP contribution in [0.25, 0.3) is 22.4 Å². The lowest BCUT2D eigenvalue weighted by molar-refractivity contribution is 0.160. The number of phenolic OH excluding ortho intramolecular Hbond substituents is 1. The number of phenols is 1. The zero-order valence-electron chi connectivity index (χ0n) is 22.4. The molecule has 2 aromatic heterocycles. The minimum Gasteiger partial charge on any atom is -0.507 e. The molecule has 0 radical (unpaired) electrons. The molecule has 3 aromatic rings. The van der Waals surface area contributed by atoms with E-state index in [1.165, 1.54) is 12.4 Å². The predicted octanol–water partition coefficient (Wildman–Crippen LogP) is 4.23. The molecule has 4 rings (SSSR count). The van der Waals surface area contributed by atoms with Gasteiger partial charge < -0.3 is 15.3 Å². The highest BCUT2D eigenvalue weighted by Gasteiger charge is 2.39. The van der Waals surface area contributed by atoms with Gasteiger partial charge >= 0.3 is 0 Å². The second-order valence-corrected chi connectivity index (χ2v) is 9.61. The Kier molecular flexibility index (Phi) is 6.66. The number of aromatic hydroxyl groups is 1. The third-order valence-corrected chi connectivity index (χ3v) is 5.77. The first-order valence-electron chi connectivity index (χ1n) is 11.8. The zero-order valence-corrected chi connectivity index (χ0v) is 21.0. The Labute approximate surface area is 211 Å². The van der Waals surface area contributed by atoms with E-state index in [2.05, 4.69) is 58.2 Å². The molecule has 0 saturated carbocycles. The summed E-state index contributed by atoms with van der Waals surface area (Å²) in [5.74, 6) is 0.536. The number of aryl methyl sites for hydroxylation is 1. The monoisotopic (exact) mass is 496 g/mol. The topological polar surface area (TPSA) is 92.0 Å². The molecule has 0 atom stereocenters. The number of nitrogens with zero attached hydrogens (tertiary/aromatic N) is 6. The van der Waals surface area contributed by atoms with Crippen molar-refractivity contribution >= 4 is 30.8 Å². The van der Waals surface area contributed by atoms with Gasteiger partial charge in [0.05, 0.1) is 12.4 Å². The van der Waals surface area contributed by atoms with Crippen molar-refractivity contribution in [1.29, 1.82) is 0 Å². The predicted molar refractivity (Wildman–Crippen MR) is 136 cm³/mol. The molecule has 2 N–H and O–H groups in total. The normalized spacial score (nSPS) is 18.8. The maximum absolute atomic E-state index is 10.6. The number of hydrogen-bond donors (Lipinski definition) is 2. The number of anilines is 1. The fourth-order valence-corrected chi connectivity index (χ4v) is 4.66. The van der Waals surface area contributed by atoms with E-state index in [-0.39, 0.29) is 47.7 Å². The van der Waals surface area contributed by atoms with Crippen molar-refractivity contribution in [1.82, 2.24) is 30.3 Å². The summed E-state index contributed by atoms with van der Waals surface area (Å²) in [4.78, 5) is 6.60. The van der Waals surface area contributed by atoms with Crippen LogP contribution in [0.4, 0.5) is 5.95 Å². The third-order valence-electron chi connectivity index (χ3n) is 5.77. The van der Waals surface area contributed by atoms with Crippen molar-refractivity contribution in [3.05, 3.63) is 36.8 Å². The van der Waals surface area contributed by atoms with Gasteiger partial charge in [0.25, 0.3) is 0 Å². The van der Waals surface area contributed by atoms with E-state index in [1.807, 2.05) is 7.05 Å². The fraction of sp³-hybridized carbons (Fsp3) is 0.478.